The predicted octanol–water partition coefficient (Wildman–Crippen LogP) is 2.44. The Morgan fingerprint density at radius 3 is 2.66 bits per heavy atom. The molecule has 0 atom stereocenters. The average molecular weight is 394 g/mol. The van der Waals surface area contributed by atoms with Crippen LogP contribution in [0.4, 0.5) is 0 Å². The highest BCUT2D eigenvalue weighted by Crippen LogP contribution is 2.23. The Labute approximate surface area is 166 Å². The molecule has 8 heteroatoms. The molecule has 1 N–H and O–H groups in total. The van der Waals surface area contributed by atoms with E-state index in [4.69, 9.17) is 9.15 Å². The lowest BCUT2D eigenvalue weighted by molar-refractivity contribution is -0.122. The third-order valence-corrected chi connectivity index (χ3v) is 4.82. The van der Waals surface area contributed by atoms with Crippen LogP contribution in [-0.4, -0.2) is 27.2 Å². The van der Waals surface area contributed by atoms with Gasteiger partial charge in [-0.15, -0.1) is 0 Å². The molecule has 0 spiro atoms. The quantitative estimate of drug-likeness (QED) is 0.542. The first kappa shape index (κ1) is 18.8. The number of aromatic nitrogens is 3. The van der Waals surface area contributed by atoms with Gasteiger partial charge in [0.25, 0.3) is 5.56 Å². The first-order valence-corrected chi connectivity index (χ1v) is 9.41. The summed E-state index contributed by atoms with van der Waals surface area (Å²) in [4.78, 5) is 25.3. The van der Waals surface area contributed by atoms with Crippen LogP contribution in [0.2, 0.25) is 0 Å². The smallest absolute Gasteiger partial charge is 0.291 e. The number of hydrogen-bond acceptors (Lipinski definition) is 5. The van der Waals surface area contributed by atoms with Gasteiger partial charge in [0.2, 0.25) is 5.91 Å². The first-order valence-electron chi connectivity index (χ1n) is 9.41. The molecule has 0 saturated heterocycles. The van der Waals surface area contributed by atoms with Crippen LogP contribution in [0.5, 0.6) is 5.75 Å². The van der Waals surface area contributed by atoms with Crippen LogP contribution in [0.3, 0.4) is 0 Å². The van der Waals surface area contributed by atoms with E-state index in [0.717, 1.165) is 22.6 Å². The molecule has 0 aliphatic heterocycles. The van der Waals surface area contributed by atoms with Gasteiger partial charge in [-0.25, -0.2) is 4.68 Å². The minimum atomic E-state index is -0.328. The van der Waals surface area contributed by atoms with Gasteiger partial charge in [-0.2, -0.15) is 5.10 Å². The molecule has 4 aromatic rings. The summed E-state index contributed by atoms with van der Waals surface area (Å²) in [6, 6.07) is 11.0. The van der Waals surface area contributed by atoms with Gasteiger partial charge >= 0.3 is 0 Å². The fraction of sp³-hybridized carbons (Fsp3) is 0.286. The number of ether oxygens (including phenoxy) is 1. The zero-order valence-corrected chi connectivity index (χ0v) is 16.6. The summed E-state index contributed by atoms with van der Waals surface area (Å²) in [5.41, 5.74) is 2.51. The van der Waals surface area contributed by atoms with Gasteiger partial charge in [-0.3, -0.25) is 14.0 Å². The maximum Gasteiger partial charge on any atom is 0.291 e. The second-order valence-electron chi connectivity index (χ2n) is 6.83. The van der Waals surface area contributed by atoms with E-state index in [1.807, 2.05) is 44.2 Å². The van der Waals surface area contributed by atoms with E-state index in [1.165, 1.54) is 4.68 Å². The Morgan fingerprint density at radius 2 is 1.97 bits per heavy atom. The number of furan rings is 1. The molecule has 0 unspecified atom stereocenters. The van der Waals surface area contributed by atoms with Crippen LogP contribution in [0.25, 0.3) is 16.6 Å². The number of carbonyl (C=O) groups is 1. The molecule has 1 amide bonds. The van der Waals surface area contributed by atoms with Crippen LogP contribution < -0.4 is 15.6 Å². The van der Waals surface area contributed by atoms with Crippen molar-refractivity contribution in [1.82, 2.24) is 19.5 Å². The van der Waals surface area contributed by atoms with Crippen molar-refractivity contribution in [2.24, 2.45) is 0 Å². The van der Waals surface area contributed by atoms with Gasteiger partial charge in [0, 0.05) is 25.1 Å². The molecule has 1 aromatic carbocycles. The summed E-state index contributed by atoms with van der Waals surface area (Å²) in [6.07, 6.45) is 0.609. The van der Waals surface area contributed by atoms with Gasteiger partial charge in [-0.1, -0.05) is 19.1 Å². The van der Waals surface area contributed by atoms with Crippen LogP contribution in [0.1, 0.15) is 24.1 Å². The van der Waals surface area contributed by atoms with E-state index in [1.54, 1.807) is 17.6 Å². The molecule has 0 radical (unpaired) electrons. The third-order valence-electron chi connectivity index (χ3n) is 4.82. The largest absolute Gasteiger partial charge is 0.497 e. The number of aryl methyl sites for hydroxylation is 2. The highest BCUT2D eigenvalue weighted by molar-refractivity contribution is 5.83. The topological polar surface area (TPSA) is 90.8 Å². The molecular weight excluding hydrogens is 372 g/mol. The lowest BCUT2D eigenvalue weighted by atomic mass is 10.2. The second-order valence-corrected chi connectivity index (χ2v) is 6.83. The fourth-order valence-corrected chi connectivity index (χ4v) is 3.38. The molecule has 0 aliphatic carbocycles. The number of fused-ring (bicyclic) bond motifs is 3. The highest BCUT2D eigenvalue weighted by atomic mass is 16.5. The van der Waals surface area contributed by atoms with E-state index in [0.29, 0.717) is 29.9 Å². The zero-order chi connectivity index (χ0) is 20.5. The van der Waals surface area contributed by atoms with Crippen LogP contribution in [0, 0.1) is 6.92 Å². The number of rotatable bonds is 6. The molecule has 29 heavy (non-hydrogen) atoms. The van der Waals surface area contributed by atoms with Crippen LogP contribution in [-0.2, 0) is 24.3 Å². The van der Waals surface area contributed by atoms with Crippen molar-refractivity contribution >= 4 is 22.5 Å². The molecule has 3 aromatic heterocycles. The van der Waals surface area contributed by atoms with E-state index < -0.39 is 0 Å². The van der Waals surface area contributed by atoms with Crippen molar-refractivity contribution < 1.29 is 13.9 Å². The minimum Gasteiger partial charge on any atom is -0.497 e. The molecule has 0 bridgehead atoms. The standard InChI is InChI=1S/C21H22N4O4/c1-4-19-23-24(12-20(26)22-11-14-5-7-15(28-3)8-6-14)21(27)17-10-18-16(25(17)19)9-13(2)29-18/h5-10H,4,11-12H2,1-3H3,(H,22,26). The van der Waals surface area contributed by atoms with Crippen molar-refractivity contribution in [3.8, 4) is 5.75 Å². The summed E-state index contributed by atoms with van der Waals surface area (Å²) in [5, 5.41) is 7.24. The molecule has 0 fully saturated rings. The SMILES string of the molecule is CCc1nn(CC(=O)NCc2ccc(OC)cc2)c(=O)c2cc3oc(C)cc3n12. The molecular formula is C21H22N4O4. The minimum absolute atomic E-state index is 0.149. The van der Waals surface area contributed by atoms with E-state index in [-0.39, 0.29) is 18.0 Å². The fourth-order valence-electron chi connectivity index (χ4n) is 3.38. The third kappa shape index (κ3) is 3.49. The van der Waals surface area contributed by atoms with Crippen LogP contribution in [0.15, 0.2) is 45.6 Å². The van der Waals surface area contributed by atoms with Gasteiger partial charge in [-0.05, 0) is 24.6 Å². The zero-order valence-electron chi connectivity index (χ0n) is 16.6. The molecule has 150 valence electrons. The number of hydrogen-bond donors (Lipinski definition) is 1. The highest BCUT2D eigenvalue weighted by Gasteiger charge is 2.17. The van der Waals surface area contributed by atoms with Crippen molar-refractivity contribution in [3.63, 3.8) is 0 Å². The number of benzene rings is 1. The van der Waals surface area contributed by atoms with Crippen LogP contribution >= 0.6 is 0 Å². The van der Waals surface area contributed by atoms with Gasteiger partial charge in [0.05, 0.1) is 12.6 Å². The van der Waals surface area contributed by atoms with Crippen molar-refractivity contribution in [2.45, 2.75) is 33.4 Å². The number of amides is 1. The van der Waals surface area contributed by atoms with Crippen molar-refractivity contribution in [3.05, 3.63) is 63.9 Å². The van der Waals surface area contributed by atoms with E-state index in [2.05, 4.69) is 10.4 Å². The molecule has 4 rings (SSSR count). The Morgan fingerprint density at radius 1 is 1.21 bits per heavy atom. The van der Waals surface area contributed by atoms with Gasteiger partial charge in [0.1, 0.15) is 29.4 Å². The van der Waals surface area contributed by atoms with Crippen molar-refractivity contribution in [1.29, 1.82) is 0 Å². The van der Waals surface area contributed by atoms with Crippen molar-refractivity contribution in [2.75, 3.05) is 7.11 Å². The van der Waals surface area contributed by atoms with E-state index >= 15 is 0 Å². The number of methoxy groups -OCH3 is 1. The molecule has 3 heterocycles. The number of nitrogens with one attached hydrogen (secondary N) is 1. The average Bonchev–Trinajstić information content (AvgIpc) is 3.25. The molecule has 0 aliphatic rings. The second kappa shape index (κ2) is 7.46. The predicted molar refractivity (Wildman–Crippen MR) is 108 cm³/mol. The Kier molecular flexibility index (Phi) is 4.84. The lowest BCUT2D eigenvalue weighted by Crippen LogP contribution is -2.35. The Bertz CT molecular complexity index is 1250. The maximum absolute atomic E-state index is 12.9. The molecule has 0 saturated carbocycles. The van der Waals surface area contributed by atoms with Gasteiger partial charge in [0.15, 0.2) is 5.58 Å². The maximum atomic E-state index is 12.9. The molecule has 8 nitrogen and oxygen atoms in total. The van der Waals surface area contributed by atoms with E-state index in [9.17, 15) is 9.59 Å². The Balaban J connectivity index is 1.57. The first-order chi connectivity index (χ1) is 14.0. The summed E-state index contributed by atoms with van der Waals surface area (Å²) in [5.74, 6) is 1.93. The van der Waals surface area contributed by atoms with Gasteiger partial charge < -0.3 is 14.5 Å². The summed E-state index contributed by atoms with van der Waals surface area (Å²) < 4.78 is 13.8. The summed E-state index contributed by atoms with van der Waals surface area (Å²) in [7, 11) is 1.60. The number of carbonyl (C=O) groups excluding carboxylic acids is 1. The normalized spacial score (nSPS) is 11.3. The lowest BCUT2D eigenvalue weighted by Gasteiger charge is -2.10. The monoisotopic (exact) mass is 394 g/mol. The summed E-state index contributed by atoms with van der Waals surface area (Å²) >= 11 is 0. The summed E-state index contributed by atoms with van der Waals surface area (Å²) in [6.45, 7) is 4.03. The number of nitrogens with zero attached hydrogens (tertiary/aromatic N) is 3. The Hall–Kier alpha value is -3.55.